The second kappa shape index (κ2) is 6.76. The van der Waals surface area contributed by atoms with Crippen LogP contribution in [-0.2, 0) is 13.1 Å². The fourth-order valence-electron chi connectivity index (χ4n) is 2.34. The van der Waals surface area contributed by atoms with Gasteiger partial charge in [0.2, 0.25) is 0 Å². The van der Waals surface area contributed by atoms with E-state index >= 15 is 0 Å². The molecule has 0 bridgehead atoms. The van der Waals surface area contributed by atoms with Gasteiger partial charge in [0.25, 0.3) is 5.56 Å². The smallest absolute Gasteiger partial charge is 0.281 e. The average molecular weight is 349 g/mol. The van der Waals surface area contributed by atoms with Gasteiger partial charge in [-0.15, -0.1) is 0 Å². The zero-order valence-corrected chi connectivity index (χ0v) is 14.6. The molecule has 0 N–H and O–H groups in total. The Morgan fingerprint density at radius 2 is 1.96 bits per heavy atom. The summed E-state index contributed by atoms with van der Waals surface area (Å²) in [6.45, 7) is 5.20. The molecule has 0 aliphatic rings. The van der Waals surface area contributed by atoms with Crippen molar-refractivity contribution in [3.8, 4) is 0 Å². The Kier molecular flexibility index (Phi) is 4.73. The van der Waals surface area contributed by atoms with E-state index in [2.05, 4.69) is 10.1 Å². The first-order chi connectivity index (χ1) is 11.1. The standard InChI is InChI=1S/C16H17ClN4OS/c1-3-20-10-13-14(19-20)15(22)21(16(18-13)23-4-2)9-11-5-7-12(17)8-6-11/h5-8,10H,3-4,9H2,1-2H3. The summed E-state index contributed by atoms with van der Waals surface area (Å²) in [4.78, 5) is 17.5. The van der Waals surface area contributed by atoms with E-state index in [4.69, 9.17) is 11.6 Å². The minimum atomic E-state index is -0.104. The lowest BCUT2D eigenvalue weighted by molar-refractivity contribution is 0.650. The van der Waals surface area contributed by atoms with Gasteiger partial charge in [-0.1, -0.05) is 42.4 Å². The van der Waals surface area contributed by atoms with Gasteiger partial charge < -0.3 is 0 Å². The number of fused-ring (bicyclic) bond motifs is 1. The van der Waals surface area contributed by atoms with Crippen LogP contribution >= 0.6 is 23.4 Å². The molecule has 0 unspecified atom stereocenters. The second-order valence-electron chi connectivity index (χ2n) is 5.06. The number of aromatic nitrogens is 4. The Hall–Kier alpha value is -1.79. The van der Waals surface area contributed by atoms with E-state index < -0.39 is 0 Å². The molecular formula is C16H17ClN4OS. The number of nitrogens with zero attached hydrogens (tertiary/aromatic N) is 4. The van der Waals surface area contributed by atoms with Gasteiger partial charge in [0, 0.05) is 11.6 Å². The zero-order chi connectivity index (χ0) is 16.4. The first-order valence-corrected chi connectivity index (χ1v) is 8.84. The minimum Gasteiger partial charge on any atom is -0.281 e. The Balaban J connectivity index is 2.12. The number of halogens is 1. The van der Waals surface area contributed by atoms with Gasteiger partial charge in [0.15, 0.2) is 10.7 Å². The van der Waals surface area contributed by atoms with Crippen LogP contribution in [0.25, 0.3) is 11.0 Å². The summed E-state index contributed by atoms with van der Waals surface area (Å²) in [5.74, 6) is 0.848. The second-order valence-corrected chi connectivity index (χ2v) is 6.73. The van der Waals surface area contributed by atoms with Crippen molar-refractivity contribution in [3.05, 3.63) is 51.4 Å². The van der Waals surface area contributed by atoms with Crippen molar-refractivity contribution in [1.82, 2.24) is 19.3 Å². The number of rotatable bonds is 5. The largest absolute Gasteiger partial charge is 0.282 e. The lowest BCUT2D eigenvalue weighted by Gasteiger charge is -2.11. The van der Waals surface area contributed by atoms with Crippen LogP contribution in [0.1, 0.15) is 19.4 Å². The molecule has 0 spiro atoms. The Bertz CT molecular complexity index is 885. The minimum absolute atomic E-state index is 0.104. The molecule has 2 heterocycles. The number of aryl methyl sites for hydroxylation is 1. The third kappa shape index (κ3) is 3.28. The first-order valence-electron chi connectivity index (χ1n) is 7.47. The molecule has 120 valence electrons. The lowest BCUT2D eigenvalue weighted by Crippen LogP contribution is -2.24. The first kappa shape index (κ1) is 16.1. The van der Waals surface area contributed by atoms with Crippen LogP contribution in [0.3, 0.4) is 0 Å². The lowest BCUT2D eigenvalue weighted by atomic mass is 10.2. The molecule has 0 atom stereocenters. The Morgan fingerprint density at radius 3 is 2.61 bits per heavy atom. The summed E-state index contributed by atoms with van der Waals surface area (Å²) in [5, 5.41) is 5.74. The number of benzene rings is 1. The molecule has 0 saturated carbocycles. The van der Waals surface area contributed by atoms with Crippen LogP contribution in [0.4, 0.5) is 0 Å². The van der Waals surface area contributed by atoms with Crippen molar-refractivity contribution < 1.29 is 0 Å². The van der Waals surface area contributed by atoms with Crippen molar-refractivity contribution in [2.45, 2.75) is 32.1 Å². The third-order valence-corrected chi connectivity index (χ3v) is 4.60. The van der Waals surface area contributed by atoms with E-state index in [9.17, 15) is 4.79 Å². The predicted molar refractivity (Wildman–Crippen MR) is 94.4 cm³/mol. The number of hydrogen-bond acceptors (Lipinski definition) is 4. The fraction of sp³-hybridized carbons (Fsp3) is 0.312. The monoisotopic (exact) mass is 348 g/mol. The molecule has 23 heavy (non-hydrogen) atoms. The molecular weight excluding hydrogens is 332 g/mol. The van der Waals surface area contributed by atoms with Crippen LogP contribution in [0.2, 0.25) is 5.02 Å². The molecule has 0 aliphatic carbocycles. The quantitative estimate of drug-likeness (QED) is 0.523. The summed E-state index contributed by atoms with van der Waals surface area (Å²) < 4.78 is 3.43. The van der Waals surface area contributed by atoms with Gasteiger partial charge in [-0.3, -0.25) is 14.0 Å². The summed E-state index contributed by atoms with van der Waals surface area (Å²) in [7, 11) is 0. The average Bonchev–Trinajstić information content (AvgIpc) is 2.96. The normalized spacial score (nSPS) is 11.3. The van der Waals surface area contributed by atoms with E-state index in [1.165, 1.54) is 0 Å². The highest BCUT2D eigenvalue weighted by Crippen LogP contribution is 2.19. The number of thioether (sulfide) groups is 1. The molecule has 2 aromatic heterocycles. The molecule has 0 saturated heterocycles. The Morgan fingerprint density at radius 1 is 1.22 bits per heavy atom. The van der Waals surface area contributed by atoms with E-state index in [1.54, 1.807) is 21.0 Å². The van der Waals surface area contributed by atoms with Crippen LogP contribution < -0.4 is 5.56 Å². The summed E-state index contributed by atoms with van der Waals surface area (Å²) in [6.07, 6.45) is 1.82. The molecule has 0 amide bonds. The van der Waals surface area contributed by atoms with Crippen LogP contribution in [0.15, 0.2) is 40.4 Å². The Labute approximate surface area is 143 Å². The van der Waals surface area contributed by atoms with E-state index in [1.807, 2.05) is 44.3 Å². The maximum absolute atomic E-state index is 12.8. The number of hydrogen-bond donors (Lipinski definition) is 0. The van der Waals surface area contributed by atoms with Gasteiger partial charge in [0.05, 0.1) is 12.7 Å². The molecule has 7 heteroatoms. The molecule has 0 radical (unpaired) electrons. The van der Waals surface area contributed by atoms with Gasteiger partial charge in [0.1, 0.15) is 5.52 Å². The van der Waals surface area contributed by atoms with Crippen molar-refractivity contribution in [3.63, 3.8) is 0 Å². The van der Waals surface area contributed by atoms with E-state index in [-0.39, 0.29) is 5.56 Å². The van der Waals surface area contributed by atoms with Gasteiger partial charge >= 0.3 is 0 Å². The summed E-state index contributed by atoms with van der Waals surface area (Å²) >= 11 is 7.48. The summed E-state index contributed by atoms with van der Waals surface area (Å²) in [6, 6.07) is 7.49. The third-order valence-electron chi connectivity index (χ3n) is 3.49. The van der Waals surface area contributed by atoms with E-state index in [0.717, 1.165) is 16.5 Å². The van der Waals surface area contributed by atoms with Crippen molar-refractivity contribution in [2.75, 3.05) is 5.75 Å². The highest BCUT2D eigenvalue weighted by Gasteiger charge is 2.14. The zero-order valence-electron chi connectivity index (χ0n) is 13.0. The molecule has 0 aliphatic heterocycles. The van der Waals surface area contributed by atoms with Crippen LogP contribution in [0, 0.1) is 0 Å². The maximum Gasteiger partial charge on any atom is 0.282 e. The molecule has 3 rings (SSSR count). The van der Waals surface area contributed by atoms with Crippen molar-refractivity contribution in [2.24, 2.45) is 0 Å². The highest BCUT2D eigenvalue weighted by atomic mass is 35.5. The van der Waals surface area contributed by atoms with Crippen LogP contribution in [-0.4, -0.2) is 25.1 Å². The molecule has 3 aromatic rings. The maximum atomic E-state index is 12.8. The SMILES string of the molecule is CCSc1nc2cn(CC)nc2c(=O)n1Cc1ccc(Cl)cc1. The highest BCUT2D eigenvalue weighted by molar-refractivity contribution is 7.99. The van der Waals surface area contributed by atoms with E-state index in [0.29, 0.717) is 29.1 Å². The van der Waals surface area contributed by atoms with Gasteiger partial charge in [-0.2, -0.15) is 5.10 Å². The molecule has 0 fully saturated rings. The van der Waals surface area contributed by atoms with Gasteiger partial charge in [-0.05, 0) is 30.4 Å². The van der Waals surface area contributed by atoms with Crippen LogP contribution in [0.5, 0.6) is 0 Å². The summed E-state index contributed by atoms with van der Waals surface area (Å²) in [5.41, 5.74) is 1.97. The molecule has 5 nitrogen and oxygen atoms in total. The van der Waals surface area contributed by atoms with Gasteiger partial charge in [-0.25, -0.2) is 4.98 Å². The topological polar surface area (TPSA) is 52.7 Å². The van der Waals surface area contributed by atoms with Crippen molar-refractivity contribution >= 4 is 34.4 Å². The molecule has 1 aromatic carbocycles. The fourth-order valence-corrected chi connectivity index (χ4v) is 3.19. The predicted octanol–water partition coefficient (Wildman–Crippen LogP) is 3.43. The van der Waals surface area contributed by atoms with Crippen molar-refractivity contribution in [1.29, 1.82) is 0 Å².